The molecule has 102 valence electrons. The van der Waals surface area contributed by atoms with Gasteiger partial charge in [-0.3, -0.25) is 0 Å². The van der Waals surface area contributed by atoms with Gasteiger partial charge >= 0.3 is 0 Å². The Morgan fingerprint density at radius 3 is 2.80 bits per heavy atom. The molecule has 3 rings (SSSR count). The zero-order chi connectivity index (χ0) is 13.8. The van der Waals surface area contributed by atoms with E-state index in [4.69, 9.17) is 5.11 Å². The summed E-state index contributed by atoms with van der Waals surface area (Å²) >= 11 is 1.52. The van der Waals surface area contributed by atoms with Crippen LogP contribution in [0.4, 0.5) is 0 Å². The average molecular weight is 286 g/mol. The van der Waals surface area contributed by atoms with Crippen molar-refractivity contribution in [2.75, 3.05) is 12.4 Å². The van der Waals surface area contributed by atoms with Gasteiger partial charge in [-0.25, -0.2) is 14.6 Å². The predicted molar refractivity (Wildman–Crippen MR) is 78.7 cm³/mol. The second-order valence-corrected chi connectivity index (χ2v) is 5.36. The first-order valence-corrected chi connectivity index (χ1v) is 7.31. The number of hydrogen-bond acceptors (Lipinski definition) is 5. The molecule has 6 heteroatoms. The molecule has 0 aliphatic carbocycles. The van der Waals surface area contributed by atoms with E-state index in [1.54, 1.807) is 12.5 Å². The second kappa shape index (κ2) is 6.02. The molecule has 0 atom stereocenters. The highest BCUT2D eigenvalue weighted by atomic mass is 32.2. The van der Waals surface area contributed by atoms with Crippen molar-refractivity contribution >= 4 is 22.8 Å². The zero-order valence-electron chi connectivity index (χ0n) is 10.8. The van der Waals surface area contributed by atoms with E-state index in [2.05, 4.69) is 27.2 Å². The SMILES string of the molecule is OCCSc1ncnc2c1cnn2Cc1ccccc1. The van der Waals surface area contributed by atoms with E-state index in [9.17, 15) is 0 Å². The maximum atomic E-state index is 8.91. The van der Waals surface area contributed by atoms with Gasteiger partial charge in [0.15, 0.2) is 5.65 Å². The summed E-state index contributed by atoms with van der Waals surface area (Å²) < 4.78 is 1.87. The van der Waals surface area contributed by atoms with Gasteiger partial charge in [0.2, 0.25) is 0 Å². The van der Waals surface area contributed by atoms with Gasteiger partial charge in [-0.2, -0.15) is 5.10 Å². The van der Waals surface area contributed by atoms with Gasteiger partial charge in [-0.05, 0) is 5.56 Å². The smallest absolute Gasteiger partial charge is 0.162 e. The van der Waals surface area contributed by atoms with Crippen LogP contribution in [-0.4, -0.2) is 37.2 Å². The number of aliphatic hydroxyl groups excluding tert-OH is 1. The molecule has 1 aromatic carbocycles. The number of aliphatic hydroxyl groups is 1. The predicted octanol–water partition coefficient (Wildman–Crippen LogP) is 1.96. The van der Waals surface area contributed by atoms with Crippen molar-refractivity contribution < 1.29 is 5.11 Å². The molecule has 0 saturated carbocycles. The third kappa shape index (κ3) is 2.66. The van der Waals surface area contributed by atoms with Crippen molar-refractivity contribution in [2.45, 2.75) is 11.6 Å². The first-order valence-electron chi connectivity index (χ1n) is 6.32. The standard InChI is InChI=1S/C14H14N4OS/c19-6-7-20-14-12-8-17-18(13(12)15-10-16-14)9-11-4-2-1-3-5-11/h1-5,8,10,19H,6-7,9H2. The van der Waals surface area contributed by atoms with Gasteiger partial charge in [0.05, 0.1) is 24.7 Å². The Morgan fingerprint density at radius 2 is 2.00 bits per heavy atom. The fraction of sp³-hybridized carbons (Fsp3) is 0.214. The number of rotatable bonds is 5. The van der Waals surface area contributed by atoms with E-state index in [-0.39, 0.29) is 6.61 Å². The summed E-state index contributed by atoms with van der Waals surface area (Å²) in [6, 6.07) is 10.2. The van der Waals surface area contributed by atoms with Gasteiger partial charge in [-0.1, -0.05) is 30.3 Å². The molecule has 0 aliphatic heterocycles. The first kappa shape index (κ1) is 13.1. The van der Waals surface area contributed by atoms with E-state index in [1.165, 1.54) is 17.3 Å². The van der Waals surface area contributed by atoms with E-state index in [0.29, 0.717) is 12.3 Å². The minimum atomic E-state index is 0.133. The molecule has 0 fully saturated rings. The van der Waals surface area contributed by atoms with Crippen molar-refractivity contribution in [2.24, 2.45) is 0 Å². The van der Waals surface area contributed by atoms with Crippen LogP contribution in [0.2, 0.25) is 0 Å². The zero-order valence-corrected chi connectivity index (χ0v) is 11.6. The Balaban J connectivity index is 1.93. The highest BCUT2D eigenvalue weighted by molar-refractivity contribution is 7.99. The van der Waals surface area contributed by atoms with Crippen molar-refractivity contribution in [1.29, 1.82) is 0 Å². The number of nitrogens with zero attached hydrogens (tertiary/aromatic N) is 4. The molecule has 0 amide bonds. The summed E-state index contributed by atoms with van der Waals surface area (Å²) in [6.45, 7) is 0.819. The minimum Gasteiger partial charge on any atom is -0.396 e. The fourth-order valence-electron chi connectivity index (χ4n) is 2.00. The normalized spacial score (nSPS) is 11.1. The molecular formula is C14H14N4OS. The van der Waals surface area contributed by atoms with Crippen LogP contribution in [0, 0.1) is 0 Å². The van der Waals surface area contributed by atoms with Crippen LogP contribution < -0.4 is 0 Å². The topological polar surface area (TPSA) is 63.8 Å². The lowest BCUT2D eigenvalue weighted by Crippen LogP contribution is -2.02. The number of hydrogen-bond donors (Lipinski definition) is 1. The van der Waals surface area contributed by atoms with Crippen LogP contribution in [0.3, 0.4) is 0 Å². The molecule has 0 saturated heterocycles. The van der Waals surface area contributed by atoms with Gasteiger partial charge in [-0.15, -0.1) is 11.8 Å². The molecule has 5 nitrogen and oxygen atoms in total. The van der Waals surface area contributed by atoms with Crippen LogP contribution in [-0.2, 0) is 6.54 Å². The molecule has 20 heavy (non-hydrogen) atoms. The largest absolute Gasteiger partial charge is 0.396 e. The van der Waals surface area contributed by atoms with Crippen molar-refractivity contribution in [1.82, 2.24) is 19.7 Å². The lowest BCUT2D eigenvalue weighted by Gasteiger charge is -2.04. The molecule has 0 radical (unpaired) electrons. The van der Waals surface area contributed by atoms with Crippen LogP contribution in [0.5, 0.6) is 0 Å². The molecular weight excluding hydrogens is 272 g/mol. The lowest BCUT2D eigenvalue weighted by molar-refractivity contribution is 0.322. The van der Waals surface area contributed by atoms with Crippen molar-refractivity contribution in [3.8, 4) is 0 Å². The first-order chi connectivity index (χ1) is 9.88. The van der Waals surface area contributed by atoms with E-state index < -0.39 is 0 Å². The molecule has 3 aromatic rings. The summed E-state index contributed by atoms with van der Waals surface area (Å²) in [5.74, 6) is 0.621. The molecule has 2 aromatic heterocycles. The summed E-state index contributed by atoms with van der Waals surface area (Å²) in [6.07, 6.45) is 3.34. The number of fused-ring (bicyclic) bond motifs is 1. The van der Waals surface area contributed by atoms with Crippen molar-refractivity contribution in [3.63, 3.8) is 0 Å². The van der Waals surface area contributed by atoms with Gasteiger partial charge in [0.1, 0.15) is 11.4 Å². The van der Waals surface area contributed by atoms with Gasteiger partial charge in [0.25, 0.3) is 0 Å². The summed E-state index contributed by atoms with van der Waals surface area (Å²) in [5.41, 5.74) is 2.00. The molecule has 0 spiro atoms. The maximum Gasteiger partial charge on any atom is 0.162 e. The van der Waals surface area contributed by atoms with Gasteiger partial charge in [0, 0.05) is 5.75 Å². The number of thioether (sulfide) groups is 1. The summed E-state index contributed by atoms with van der Waals surface area (Å²) in [7, 11) is 0. The van der Waals surface area contributed by atoms with Crippen molar-refractivity contribution in [3.05, 3.63) is 48.4 Å². The third-order valence-corrected chi connectivity index (χ3v) is 3.89. The second-order valence-electron chi connectivity index (χ2n) is 4.28. The summed E-state index contributed by atoms with van der Waals surface area (Å²) in [5, 5.41) is 15.1. The van der Waals surface area contributed by atoms with Crippen LogP contribution >= 0.6 is 11.8 Å². The van der Waals surface area contributed by atoms with E-state index in [0.717, 1.165) is 16.1 Å². The maximum absolute atomic E-state index is 8.91. The molecule has 0 aliphatic rings. The Bertz CT molecular complexity index is 699. The van der Waals surface area contributed by atoms with Gasteiger partial charge < -0.3 is 5.11 Å². The van der Waals surface area contributed by atoms with Crippen LogP contribution in [0.25, 0.3) is 11.0 Å². The van der Waals surface area contributed by atoms with Crippen LogP contribution in [0.1, 0.15) is 5.56 Å². The average Bonchev–Trinajstić information content (AvgIpc) is 2.90. The molecule has 1 N–H and O–H groups in total. The molecule has 0 bridgehead atoms. The quantitative estimate of drug-likeness (QED) is 0.574. The fourth-order valence-corrected chi connectivity index (χ4v) is 2.71. The molecule has 0 unspecified atom stereocenters. The number of benzene rings is 1. The lowest BCUT2D eigenvalue weighted by atomic mass is 10.2. The van der Waals surface area contributed by atoms with E-state index in [1.807, 2.05) is 22.9 Å². The summed E-state index contributed by atoms with van der Waals surface area (Å²) in [4.78, 5) is 8.57. The minimum absolute atomic E-state index is 0.133. The highest BCUT2D eigenvalue weighted by Crippen LogP contribution is 2.24. The third-order valence-electron chi connectivity index (χ3n) is 2.90. The Kier molecular flexibility index (Phi) is 3.94. The molecule has 2 heterocycles. The highest BCUT2D eigenvalue weighted by Gasteiger charge is 2.10. The van der Waals surface area contributed by atoms with Crippen LogP contribution in [0.15, 0.2) is 47.9 Å². The van der Waals surface area contributed by atoms with E-state index >= 15 is 0 Å². The number of aromatic nitrogens is 4. The monoisotopic (exact) mass is 286 g/mol. The Labute approximate surface area is 120 Å². The Morgan fingerprint density at radius 1 is 1.15 bits per heavy atom. The Hall–Kier alpha value is -1.92.